The molecule has 1 rings (SSSR count). The maximum absolute atomic E-state index is 12.8. The Morgan fingerprint density at radius 1 is 1.15 bits per heavy atom. The summed E-state index contributed by atoms with van der Waals surface area (Å²) < 4.78 is 4.71. The Kier molecular flexibility index (Phi) is 8.52. The largest absolute Gasteiger partial charge is 0.480 e. The number of ether oxygens (including phenoxy) is 1. The summed E-state index contributed by atoms with van der Waals surface area (Å²) in [5.41, 5.74) is 0. The van der Waals surface area contributed by atoms with Gasteiger partial charge in [-0.1, -0.05) is 27.7 Å². The van der Waals surface area contributed by atoms with Gasteiger partial charge >= 0.3 is 18.0 Å². The van der Waals surface area contributed by atoms with Crippen LogP contribution in [0.4, 0.5) is 4.79 Å². The molecular weight excluding hydrogens is 354 g/mol. The van der Waals surface area contributed by atoms with Crippen LogP contribution in [0.1, 0.15) is 47.0 Å². The number of carbonyl (C=O) groups is 4. The van der Waals surface area contributed by atoms with Gasteiger partial charge in [-0.15, -0.1) is 0 Å². The summed E-state index contributed by atoms with van der Waals surface area (Å²) in [5, 5.41) is 14.4. The third kappa shape index (κ3) is 6.41. The zero-order valence-electron chi connectivity index (χ0n) is 16.7. The molecule has 9 heteroatoms. The Balaban J connectivity index is 2.83. The fourth-order valence-corrected chi connectivity index (χ4v) is 3.15. The second-order valence-corrected chi connectivity index (χ2v) is 7.57. The second kappa shape index (κ2) is 10.1. The van der Waals surface area contributed by atoms with Gasteiger partial charge in [0.25, 0.3) is 0 Å². The number of nitrogens with one attached hydrogen (secondary N) is 2. The van der Waals surface area contributed by atoms with Crippen LogP contribution in [0.2, 0.25) is 0 Å². The number of esters is 1. The molecule has 0 aromatic rings. The molecule has 1 saturated heterocycles. The summed E-state index contributed by atoms with van der Waals surface area (Å²) in [7, 11) is 1.25. The number of carboxylic acid groups (broad SMARTS) is 1. The highest BCUT2D eigenvalue weighted by molar-refractivity contribution is 5.91. The molecule has 1 heterocycles. The zero-order chi connectivity index (χ0) is 20.7. The van der Waals surface area contributed by atoms with Crippen LogP contribution in [0.15, 0.2) is 0 Å². The number of amides is 3. The van der Waals surface area contributed by atoms with Crippen molar-refractivity contribution in [3.63, 3.8) is 0 Å². The van der Waals surface area contributed by atoms with Gasteiger partial charge in [-0.25, -0.2) is 14.4 Å². The molecule has 1 aliphatic rings. The molecule has 9 nitrogen and oxygen atoms in total. The van der Waals surface area contributed by atoms with Gasteiger partial charge in [0.15, 0.2) is 0 Å². The molecule has 0 spiro atoms. The molecular formula is C18H31N3O6. The van der Waals surface area contributed by atoms with Crippen molar-refractivity contribution in [2.45, 2.75) is 65.1 Å². The van der Waals surface area contributed by atoms with E-state index in [-0.39, 0.29) is 11.8 Å². The molecule has 0 aromatic carbocycles. The predicted molar refractivity (Wildman–Crippen MR) is 97.9 cm³/mol. The summed E-state index contributed by atoms with van der Waals surface area (Å²) >= 11 is 0. The summed E-state index contributed by atoms with van der Waals surface area (Å²) in [5.74, 6) is -2.13. The van der Waals surface area contributed by atoms with E-state index >= 15 is 0 Å². The number of nitrogens with zero attached hydrogens (tertiary/aromatic N) is 1. The first-order valence-electron chi connectivity index (χ1n) is 9.26. The van der Waals surface area contributed by atoms with E-state index < -0.39 is 42.0 Å². The van der Waals surface area contributed by atoms with Crippen molar-refractivity contribution in [3.8, 4) is 0 Å². The van der Waals surface area contributed by atoms with E-state index in [1.165, 1.54) is 12.0 Å². The maximum atomic E-state index is 12.8. The number of carbonyl (C=O) groups excluding carboxylic acids is 3. The fraction of sp³-hybridized carbons (Fsp3) is 0.778. The van der Waals surface area contributed by atoms with Gasteiger partial charge in [0.05, 0.1) is 7.11 Å². The third-order valence-electron chi connectivity index (χ3n) is 4.54. The first-order chi connectivity index (χ1) is 12.6. The van der Waals surface area contributed by atoms with Crippen LogP contribution in [0.5, 0.6) is 0 Å². The average molecular weight is 385 g/mol. The lowest BCUT2D eigenvalue weighted by atomic mass is 10.0. The average Bonchev–Trinajstić information content (AvgIpc) is 3.07. The number of methoxy groups -OCH3 is 1. The molecule has 0 radical (unpaired) electrons. The first kappa shape index (κ1) is 22.7. The lowest BCUT2D eigenvalue weighted by molar-refractivity contribution is -0.149. The number of aliphatic carboxylic acids is 1. The van der Waals surface area contributed by atoms with Gasteiger partial charge in [0, 0.05) is 6.54 Å². The second-order valence-electron chi connectivity index (χ2n) is 7.57. The van der Waals surface area contributed by atoms with Crippen LogP contribution in [0.25, 0.3) is 0 Å². The van der Waals surface area contributed by atoms with Crippen LogP contribution in [0, 0.1) is 11.8 Å². The van der Waals surface area contributed by atoms with E-state index in [0.29, 0.717) is 25.8 Å². The number of hydrogen-bond donors (Lipinski definition) is 3. The maximum Gasteiger partial charge on any atom is 0.328 e. The van der Waals surface area contributed by atoms with Crippen molar-refractivity contribution < 1.29 is 29.0 Å². The first-order valence-corrected chi connectivity index (χ1v) is 9.26. The van der Waals surface area contributed by atoms with E-state index in [2.05, 4.69) is 10.6 Å². The lowest BCUT2D eigenvalue weighted by Crippen LogP contribution is -2.57. The monoisotopic (exact) mass is 385 g/mol. The standard InChI is InChI=1S/C18H31N3O6/c1-10(2)9-12(17(25)27-5)19-18(26)20-14(11(3)4)15(22)21-8-6-7-13(21)16(23)24/h10-14H,6-9H2,1-5H3,(H,23,24)(H2,19,20,26)/t12?,13-,14-/m0/s1. The zero-order valence-corrected chi connectivity index (χ0v) is 16.7. The van der Waals surface area contributed by atoms with E-state index in [0.717, 1.165) is 0 Å². The number of urea groups is 1. The molecule has 3 atom stereocenters. The van der Waals surface area contributed by atoms with Crippen LogP contribution in [-0.2, 0) is 19.1 Å². The van der Waals surface area contributed by atoms with E-state index in [9.17, 15) is 24.3 Å². The van der Waals surface area contributed by atoms with Crippen LogP contribution in [0.3, 0.4) is 0 Å². The minimum absolute atomic E-state index is 0.151. The van der Waals surface area contributed by atoms with Crippen molar-refractivity contribution in [1.82, 2.24) is 15.5 Å². The summed E-state index contributed by atoms with van der Waals surface area (Å²) in [6.07, 6.45) is 1.41. The summed E-state index contributed by atoms with van der Waals surface area (Å²) in [6.45, 7) is 7.70. The molecule has 0 saturated carbocycles. The van der Waals surface area contributed by atoms with Gasteiger partial charge in [0.2, 0.25) is 5.91 Å². The molecule has 1 fully saturated rings. The Morgan fingerprint density at radius 3 is 2.26 bits per heavy atom. The molecule has 0 aromatic heterocycles. The van der Waals surface area contributed by atoms with Crippen LogP contribution >= 0.6 is 0 Å². The molecule has 1 aliphatic heterocycles. The van der Waals surface area contributed by atoms with Crippen molar-refractivity contribution in [1.29, 1.82) is 0 Å². The van der Waals surface area contributed by atoms with E-state index in [1.54, 1.807) is 13.8 Å². The van der Waals surface area contributed by atoms with Crippen molar-refractivity contribution in [2.75, 3.05) is 13.7 Å². The quantitative estimate of drug-likeness (QED) is 0.535. The number of rotatable bonds is 8. The van der Waals surface area contributed by atoms with Crippen molar-refractivity contribution in [2.24, 2.45) is 11.8 Å². The Hall–Kier alpha value is -2.32. The SMILES string of the molecule is COC(=O)C(CC(C)C)NC(=O)N[C@H](C(=O)N1CCC[C@H]1C(=O)O)C(C)C. The minimum atomic E-state index is -1.05. The smallest absolute Gasteiger partial charge is 0.328 e. The van der Waals surface area contributed by atoms with E-state index in [4.69, 9.17) is 4.74 Å². The molecule has 0 aliphatic carbocycles. The topological polar surface area (TPSA) is 125 Å². The van der Waals surface area contributed by atoms with Gasteiger partial charge in [0.1, 0.15) is 18.1 Å². The molecule has 154 valence electrons. The third-order valence-corrected chi connectivity index (χ3v) is 4.54. The van der Waals surface area contributed by atoms with Gasteiger partial charge < -0.3 is 25.4 Å². The number of likely N-dealkylation sites (tertiary alicyclic amines) is 1. The lowest BCUT2D eigenvalue weighted by Gasteiger charge is -2.30. The molecule has 3 amide bonds. The van der Waals surface area contributed by atoms with Crippen LogP contribution < -0.4 is 10.6 Å². The van der Waals surface area contributed by atoms with Gasteiger partial charge in [-0.2, -0.15) is 0 Å². The Bertz CT molecular complexity index is 563. The molecule has 27 heavy (non-hydrogen) atoms. The van der Waals surface area contributed by atoms with Gasteiger partial charge in [-0.3, -0.25) is 4.79 Å². The molecule has 1 unspecified atom stereocenters. The van der Waals surface area contributed by atoms with Crippen LogP contribution in [-0.4, -0.2) is 65.7 Å². The minimum Gasteiger partial charge on any atom is -0.480 e. The number of hydrogen-bond acceptors (Lipinski definition) is 5. The highest BCUT2D eigenvalue weighted by Crippen LogP contribution is 2.20. The normalized spacial score (nSPS) is 18.9. The summed E-state index contributed by atoms with van der Waals surface area (Å²) in [4.78, 5) is 49.7. The molecule has 3 N–H and O–H groups in total. The number of carboxylic acids is 1. The Morgan fingerprint density at radius 2 is 1.78 bits per heavy atom. The highest BCUT2D eigenvalue weighted by Gasteiger charge is 2.38. The fourth-order valence-electron chi connectivity index (χ4n) is 3.15. The Labute approximate surface area is 159 Å². The van der Waals surface area contributed by atoms with Gasteiger partial charge in [-0.05, 0) is 31.1 Å². The van der Waals surface area contributed by atoms with Crippen molar-refractivity contribution in [3.05, 3.63) is 0 Å². The predicted octanol–water partition coefficient (Wildman–Crippen LogP) is 0.974. The van der Waals surface area contributed by atoms with E-state index in [1.807, 2.05) is 13.8 Å². The van der Waals surface area contributed by atoms with Crippen molar-refractivity contribution >= 4 is 23.9 Å². The highest BCUT2D eigenvalue weighted by atomic mass is 16.5. The molecule has 0 bridgehead atoms. The summed E-state index contributed by atoms with van der Waals surface area (Å²) in [6, 6.07) is -3.24.